The first kappa shape index (κ1) is 22.5. The Morgan fingerprint density at radius 2 is 2.21 bits per heavy atom. The highest BCUT2D eigenvalue weighted by Gasteiger charge is 2.35. The zero-order chi connectivity index (χ0) is 23.7. The number of amides is 1. The van der Waals surface area contributed by atoms with Crippen molar-refractivity contribution in [3.8, 4) is 0 Å². The van der Waals surface area contributed by atoms with Crippen LogP contribution in [0.1, 0.15) is 35.8 Å². The second-order valence-electron chi connectivity index (χ2n) is 7.98. The van der Waals surface area contributed by atoms with Gasteiger partial charge in [0.25, 0.3) is 11.5 Å². The Morgan fingerprint density at radius 1 is 1.32 bits per heavy atom. The molecule has 1 aliphatic heterocycles. The molecule has 4 heterocycles. The third-order valence-corrected chi connectivity index (χ3v) is 6.89. The molecule has 0 fully saturated rings. The van der Waals surface area contributed by atoms with E-state index >= 15 is 0 Å². The van der Waals surface area contributed by atoms with E-state index in [9.17, 15) is 9.59 Å². The van der Waals surface area contributed by atoms with Gasteiger partial charge in [-0.15, -0.1) is 11.3 Å². The van der Waals surface area contributed by atoms with Crippen LogP contribution in [0.25, 0.3) is 10.9 Å². The van der Waals surface area contributed by atoms with Crippen LogP contribution in [0.5, 0.6) is 0 Å². The molecule has 0 saturated heterocycles. The molecule has 10 heteroatoms. The molecule has 1 atom stereocenters. The minimum absolute atomic E-state index is 0.117. The van der Waals surface area contributed by atoms with Gasteiger partial charge in [0, 0.05) is 11.4 Å². The van der Waals surface area contributed by atoms with Crippen molar-refractivity contribution in [2.75, 3.05) is 13.1 Å². The molecule has 1 aromatic carbocycles. The van der Waals surface area contributed by atoms with Gasteiger partial charge in [0.1, 0.15) is 17.6 Å². The average molecular weight is 496 g/mol. The van der Waals surface area contributed by atoms with Crippen LogP contribution in [0.3, 0.4) is 0 Å². The van der Waals surface area contributed by atoms with Crippen molar-refractivity contribution in [2.45, 2.75) is 25.9 Å². The summed E-state index contributed by atoms with van der Waals surface area (Å²) < 4.78 is 5.62. The van der Waals surface area contributed by atoms with Gasteiger partial charge in [0.2, 0.25) is 0 Å². The quantitative estimate of drug-likeness (QED) is 0.409. The lowest BCUT2D eigenvalue weighted by atomic mass is 10.1. The monoisotopic (exact) mass is 495 g/mol. The number of hydrogen-bond donors (Lipinski definition) is 1. The fraction of sp³-hybridized carbons (Fsp3) is 0.250. The van der Waals surface area contributed by atoms with Crippen molar-refractivity contribution in [3.05, 3.63) is 85.9 Å². The van der Waals surface area contributed by atoms with Crippen LogP contribution < -0.4 is 5.56 Å². The molecule has 0 bridgehead atoms. The SMILES string of the molecule is CCN(CC(=O)N1N=C(c2cccs2)C[C@@H]1c1ccco1)Cc1nc2cc(Cl)ccc2c(=O)[nH]1. The molecule has 5 rings (SSSR count). The Hall–Kier alpha value is -3.27. The van der Waals surface area contributed by atoms with Crippen molar-refractivity contribution in [1.29, 1.82) is 0 Å². The number of hydrazone groups is 1. The summed E-state index contributed by atoms with van der Waals surface area (Å²) >= 11 is 7.67. The predicted molar refractivity (Wildman–Crippen MR) is 132 cm³/mol. The number of furan rings is 1. The summed E-state index contributed by atoms with van der Waals surface area (Å²) in [6.45, 7) is 2.97. The van der Waals surface area contributed by atoms with E-state index in [1.165, 1.54) is 5.01 Å². The van der Waals surface area contributed by atoms with E-state index < -0.39 is 0 Å². The summed E-state index contributed by atoms with van der Waals surface area (Å²) in [7, 11) is 0. The van der Waals surface area contributed by atoms with Crippen molar-refractivity contribution < 1.29 is 9.21 Å². The number of benzene rings is 1. The van der Waals surface area contributed by atoms with Crippen LogP contribution in [-0.2, 0) is 11.3 Å². The number of carbonyl (C=O) groups is 1. The maximum atomic E-state index is 13.4. The number of thiophene rings is 1. The number of carbonyl (C=O) groups excluding carboxylic acids is 1. The number of likely N-dealkylation sites (N-methyl/N-ethyl adjacent to an activating group) is 1. The van der Waals surface area contributed by atoms with Crippen LogP contribution in [0.15, 0.2) is 68.4 Å². The lowest BCUT2D eigenvalue weighted by Crippen LogP contribution is -2.38. The molecule has 0 unspecified atom stereocenters. The Bertz CT molecular complexity index is 1400. The number of nitrogens with zero attached hydrogens (tertiary/aromatic N) is 4. The summed E-state index contributed by atoms with van der Waals surface area (Å²) in [4.78, 5) is 36.2. The van der Waals surface area contributed by atoms with Gasteiger partial charge in [-0.1, -0.05) is 24.6 Å². The van der Waals surface area contributed by atoms with Gasteiger partial charge in [-0.05, 0) is 48.3 Å². The van der Waals surface area contributed by atoms with E-state index in [1.54, 1.807) is 35.8 Å². The van der Waals surface area contributed by atoms with E-state index in [4.69, 9.17) is 16.0 Å². The topological polar surface area (TPSA) is 94.8 Å². The molecular formula is C24H22ClN5O3S. The van der Waals surface area contributed by atoms with Gasteiger partial charge >= 0.3 is 0 Å². The van der Waals surface area contributed by atoms with E-state index in [0.717, 1.165) is 10.6 Å². The first-order valence-corrected chi connectivity index (χ1v) is 12.1. The number of hydrogen-bond acceptors (Lipinski definition) is 7. The van der Waals surface area contributed by atoms with Crippen molar-refractivity contribution in [2.24, 2.45) is 5.10 Å². The summed E-state index contributed by atoms with van der Waals surface area (Å²) in [5.41, 5.74) is 1.16. The zero-order valence-electron chi connectivity index (χ0n) is 18.4. The largest absolute Gasteiger partial charge is 0.467 e. The average Bonchev–Trinajstić information content (AvgIpc) is 3.59. The normalized spacial score (nSPS) is 15.9. The van der Waals surface area contributed by atoms with Gasteiger partial charge in [0.05, 0.1) is 40.8 Å². The van der Waals surface area contributed by atoms with E-state index in [1.807, 2.05) is 41.5 Å². The van der Waals surface area contributed by atoms with E-state index in [2.05, 4.69) is 15.1 Å². The van der Waals surface area contributed by atoms with Crippen molar-refractivity contribution in [1.82, 2.24) is 19.9 Å². The predicted octanol–water partition coefficient (Wildman–Crippen LogP) is 4.43. The third-order valence-electron chi connectivity index (χ3n) is 5.74. The number of halogens is 1. The molecular weight excluding hydrogens is 474 g/mol. The first-order valence-electron chi connectivity index (χ1n) is 10.9. The van der Waals surface area contributed by atoms with Crippen molar-refractivity contribution in [3.63, 3.8) is 0 Å². The lowest BCUT2D eigenvalue weighted by Gasteiger charge is -2.24. The standard InChI is InChI=1S/C24H22ClN5O3S/c1-2-29(13-22-26-17-11-15(25)7-8-16(17)24(32)27-22)14-23(31)30-19(20-5-3-9-33-20)12-18(28-30)21-6-4-10-34-21/h3-11,19H,2,12-14H2,1H3,(H,26,27,32)/t19-/m1/s1. The highest BCUT2D eigenvalue weighted by Crippen LogP contribution is 2.34. The number of H-pyrrole nitrogens is 1. The number of aromatic nitrogens is 2. The summed E-state index contributed by atoms with van der Waals surface area (Å²) in [5, 5.41) is 9.16. The molecule has 0 radical (unpaired) electrons. The maximum absolute atomic E-state index is 13.4. The summed E-state index contributed by atoms with van der Waals surface area (Å²) in [6.07, 6.45) is 2.19. The second-order valence-corrected chi connectivity index (χ2v) is 9.36. The van der Waals surface area contributed by atoms with Gasteiger partial charge < -0.3 is 9.40 Å². The number of rotatable bonds is 7. The van der Waals surface area contributed by atoms with Gasteiger partial charge in [-0.3, -0.25) is 14.5 Å². The number of fused-ring (bicyclic) bond motifs is 1. The lowest BCUT2D eigenvalue weighted by molar-refractivity contribution is -0.134. The Morgan fingerprint density at radius 3 is 2.94 bits per heavy atom. The molecule has 1 amide bonds. The van der Waals surface area contributed by atoms with E-state index in [-0.39, 0.29) is 24.1 Å². The Kier molecular flexibility index (Phi) is 6.32. The van der Waals surface area contributed by atoms with Crippen LogP contribution in [-0.4, -0.2) is 44.6 Å². The Labute approximate surface area is 204 Å². The van der Waals surface area contributed by atoms with Gasteiger partial charge in [-0.2, -0.15) is 5.10 Å². The second kappa shape index (κ2) is 9.54. The molecule has 3 aromatic heterocycles. The van der Waals surface area contributed by atoms with Gasteiger partial charge in [0.15, 0.2) is 0 Å². The fourth-order valence-corrected chi connectivity index (χ4v) is 4.91. The molecule has 1 aliphatic rings. The molecule has 8 nitrogen and oxygen atoms in total. The summed E-state index contributed by atoms with van der Waals surface area (Å²) in [5.74, 6) is 1.02. The molecule has 0 saturated carbocycles. The molecule has 0 spiro atoms. The van der Waals surface area contributed by atoms with E-state index in [0.29, 0.717) is 47.0 Å². The molecule has 34 heavy (non-hydrogen) atoms. The summed E-state index contributed by atoms with van der Waals surface area (Å²) in [6, 6.07) is 12.3. The molecule has 174 valence electrons. The van der Waals surface area contributed by atoms with Crippen molar-refractivity contribution >= 4 is 45.5 Å². The molecule has 1 N–H and O–H groups in total. The van der Waals surface area contributed by atoms with Crippen LogP contribution in [0, 0.1) is 0 Å². The molecule has 0 aliphatic carbocycles. The third kappa shape index (κ3) is 4.54. The van der Waals surface area contributed by atoms with Crippen LogP contribution in [0.2, 0.25) is 5.02 Å². The maximum Gasteiger partial charge on any atom is 0.258 e. The molecule has 4 aromatic rings. The number of nitrogens with one attached hydrogen (secondary N) is 1. The highest BCUT2D eigenvalue weighted by molar-refractivity contribution is 7.12. The number of aromatic amines is 1. The fourth-order valence-electron chi connectivity index (χ4n) is 4.03. The zero-order valence-corrected chi connectivity index (χ0v) is 20.0. The first-order chi connectivity index (χ1) is 16.5. The van der Waals surface area contributed by atoms with Crippen LogP contribution >= 0.6 is 22.9 Å². The van der Waals surface area contributed by atoms with Gasteiger partial charge in [-0.25, -0.2) is 9.99 Å². The Balaban J connectivity index is 1.37. The minimum atomic E-state index is -0.293. The smallest absolute Gasteiger partial charge is 0.258 e. The highest BCUT2D eigenvalue weighted by atomic mass is 35.5. The van der Waals surface area contributed by atoms with Crippen LogP contribution in [0.4, 0.5) is 0 Å². The minimum Gasteiger partial charge on any atom is -0.467 e.